The van der Waals surface area contributed by atoms with Crippen molar-refractivity contribution in [1.82, 2.24) is 4.98 Å². The van der Waals surface area contributed by atoms with E-state index in [1.54, 1.807) is 6.07 Å². The number of alkyl halides is 3. The fraction of sp³-hybridized carbons (Fsp3) is 0.364. The number of nitrogens with one attached hydrogen (secondary N) is 1. The summed E-state index contributed by atoms with van der Waals surface area (Å²) >= 11 is 0. The zero-order chi connectivity index (χ0) is 14.0. The molecule has 7 heteroatoms. The molecule has 0 aliphatic carbocycles. The highest BCUT2D eigenvalue weighted by Gasteiger charge is 2.32. The van der Waals surface area contributed by atoms with Gasteiger partial charge in [0.1, 0.15) is 11.1 Å². The third-order valence-corrected chi connectivity index (χ3v) is 2.16. The van der Waals surface area contributed by atoms with E-state index in [1.165, 1.54) is 13.8 Å². The molecule has 1 N–H and O–H groups in total. The van der Waals surface area contributed by atoms with Gasteiger partial charge in [-0.3, -0.25) is 4.79 Å². The number of carbonyl (C=O) groups is 1. The number of amides is 1. The standard InChI is InChI=1S/C11H10F3N3O/c1-10(2,6-15)9(18)17-7-3-4-8(16-5-7)11(12,13)14/h3-5H,1-2H3,(H,17,18). The van der Waals surface area contributed by atoms with Crippen molar-refractivity contribution in [3.8, 4) is 6.07 Å². The number of pyridine rings is 1. The number of nitriles is 1. The Bertz CT molecular complexity index is 486. The summed E-state index contributed by atoms with van der Waals surface area (Å²) in [6, 6.07) is 3.63. The number of carbonyl (C=O) groups excluding carboxylic acids is 1. The van der Waals surface area contributed by atoms with Crippen LogP contribution in [0.5, 0.6) is 0 Å². The van der Waals surface area contributed by atoms with Crippen LogP contribution in [0.2, 0.25) is 0 Å². The lowest BCUT2D eigenvalue weighted by Gasteiger charge is -2.15. The molecule has 1 aromatic rings. The van der Waals surface area contributed by atoms with Gasteiger partial charge in [-0.15, -0.1) is 0 Å². The minimum atomic E-state index is -4.52. The lowest BCUT2D eigenvalue weighted by atomic mass is 9.95. The number of halogens is 3. The van der Waals surface area contributed by atoms with Crippen LogP contribution in [0.1, 0.15) is 19.5 Å². The maximum absolute atomic E-state index is 12.2. The van der Waals surface area contributed by atoms with E-state index in [4.69, 9.17) is 5.26 Å². The molecule has 96 valence electrons. The second-order valence-electron chi connectivity index (χ2n) is 4.12. The Morgan fingerprint density at radius 2 is 2.00 bits per heavy atom. The average Bonchev–Trinajstić information content (AvgIpc) is 2.28. The molecule has 0 fully saturated rings. The summed E-state index contributed by atoms with van der Waals surface area (Å²) in [4.78, 5) is 14.8. The molecule has 4 nitrogen and oxygen atoms in total. The van der Waals surface area contributed by atoms with Crippen molar-refractivity contribution in [2.45, 2.75) is 20.0 Å². The molecule has 0 saturated heterocycles. The van der Waals surface area contributed by atoms with Gasteiger partial charge in [-0.25, -0.2) is 4.98 Å². The topological polar surface area (TPSA) is 65.8 Å². The maximum atomic E-state index is 12.2. The van der Waals surface area contributed by atoms with E-state index in [-0.39, 0.29) is 5.69 Å². The number of anilines is 1. The van der Waals surface area contributed by atoms with E-state index in [1.807, 2.05) is 0 Å². The quantitative estimate of drug-likeness (QED) is 0.885. The number of hydrogen-bond acceptors (Lipinski definition) is 3. The van der Waals surface area contributed by atoms with Gasteiger partial charge in [-0.05, 0) is 26.0 Å². The molecule has 0 bridgehead atoms. The Kier molecular flexibility index (Phi) is 3.60. The van der Waals surface area contributed by atoms with E-state index in [0.717, 1.165) is 18.3 Å². The van der Waals surface area contributed by atoms with Gasteiger partial charge < -0.3 is 5.32 Å². The lowest BCUT2D eigenvalue weighted by Crippen LogP contribution is -2.29. The first-order valence-corrected chi connectivity index (χ1v) is 4.93. The predicted molar refractivity (Wildman–Crippen MR) is 57.3 cm³/mol. The summed E-state index contributed by atoms with van der Waals surface area (Å²) in [5.74, 6) is -0.605. The normalized spacial score (nSPS) is 11.8. The Morgan fingerprint density at radius 1 is 1.39 bits per heavy atom. The molecular weight excluding hydrogens is 247 g/mol. The minimum absolute atomic E-state index is 0.108. The van der Waals surface area contributed by atoms with Crippen molar-refractivity contribution >= 4 is 11.6 Å². The molecule has 0 saturated carbocycles. The number of hydrogen-bond donors (Lipinski definition) is 1. The molecule has 1 amide bonds. The Hall–Kier alpha value is -2.10. The van der Waals surface area contributed by atoms with Crippen molar-refractivity contribution in [2.24, 2.45) is 5.41 Å². The van der Waals surface area contributed by atoms with Crippen LogP contribution in [-0.2, 0) is 11.0 Å². The number of nitrogens with zero attached hydrogens (tertiary/aromatic N) is 2. The summed E-state index contributed by atoms with van der Waals surface area (Å²) in [7, 11) is 0. The van der Waals surface area contributed by atoms with E-state index >= 15 is 0 Å². The summed E-state index contributed by atoms with van der Waals surface area (Å²) in [5.41, 5.74) is -2.20. The van der Waals surface area contributed by atoms with Crippen LogP contribution < -0.4 is 5.32 Å². The van der Waals surface area contributed by atoms with E-state index in [2.05, 4.69) is 10.3 Å². The minimum Gasteiger partial charge on any atom is -0.323 e. The van der Waals surface area contributed by atoms with Crippen LogP contribution in [0.15, 0.2) is 18.3 Å². The van der Waals surface area contributed by atoms with Crippen molar-refractivity contribution in [1.29, 1.82) is 5.26 Å². The molecular formula is C11H10F3N3O. The number of rotatable bonds is 2. The van der Waals surface area contributed by atoms with E-state index in [9.17, 15) is 18.0 Å². The van der Waals surface area contributed by atoms with Crippen LogP contribution >= 0.6 is 0 Å². The van der Waals surface area contributed by atoms with Crippen LogP contribution in [0.25, 0.3) is 0 Å². The van der Waals surface area contributed by atoms with Crippen molar-refractivity contribution < 1.29 is 18.0 Å². The Labute approximate surface area is 101 Å². The van der Waals surface area contributed by atoms with Crippen LogP contribution in [-0.4, -0.2) is 10.9 Å². The summed E-state index contributed by atoms with van der Waals surface area (Å²) < 4.78 is 36.7. The molecule has 0 unspecified atom stereocenters. The first kappa shape index (κ1) is 14.0. The molecule has 1 aromatic heterocycles. The predicted octanol–water partition coefficient (Wildman–Crippen LogP) is 2.59. The molecule has 0 atom stereocenters. The fourth-order valence-electron chi connectivity index (χ4n) is 0.974. The van der Waals surface area contributed by atoms with E-state index < -0.39 is 23.2 Å². The van der Waals surface area contributed by atoms with Gasteiger partial charge in [-0.1, -0.05) is 0 Å². The average molecular weight is 257 g/mol. The molecule has 1 rings (SSSR count). The highest BCUT2D eigenvalue weighted by molar-refractivity contribution is 5.96. The highest BCUT2D eigenvalue weighted by atomic mass is 19.4. The van der Waals surface area contributed by atoms with Crippen LogP contribution in [0.4, 0.5) is 18.9 Å². The smallest absolute Gasteiger partial charge is 0.323 e. The van der Waals surface area contributed by atoms with Gasteiger partial charge >= 0.3 is 6.18 Å². The van der Waals surface area contributed by atoms with Gasteiger partial charge in [0.2, 0.25) is 5.91 Å². The van der Waals surface area contributed by atoms with Crippen LogP contribution in [0.3, 0.4) is 0 Å². The van der Waals surface area contributed by atoms with Crippen LogP contribution in [0, 0.1) is 16.7 Å². The molecule has 0 aliphatic rings. The third-order valence-electron chi connectivity index (χ3n) is 2.16. The Morgan fingerprint density at radius 3 is 2.39 bits per heavy atom. The van der Waals surface area contributed by atoms with Gasteiger partial charge in [0.25, 0.3) is 0 Å². The van der Waals surface area contributed by atoms with Crippen molar-refractivity contribution in [2.75, 3.05) is 5.32 Å². The van der Waals surface area contributed by atoms with Gasteiger partial charge in [0.05, 0.1) is 18.0 Å². The highest BCUT2D eigenvalue weighted by Crippen LogP contribution is 2.28. The second-order valence-corrected chi connectivity index (χ2v) is 4.12. The first-order chi connectivity index (χ1) is 8.16. The Balaban J connectivity index is 2.83. The maximum Gasteiger partial charge on any atom is 0.433 e. The molecule has 1 heterocycles. The SMILES string of the molecule is CC(C)(C#N)C(=O)Nc1ccc(C(F)(F)F)nc1. The molecule has 18 heavy (non-hydrogen) atoms. The zero-order valence-corrected chi connectivity index (χ0v) is 9.67. The van der Waals surface area contributed by atoms with Gasteiger partial charge in [0, 0.05) is 0 Å². The summed E-state index contributed by atoms with van der Waals surface area (Å²) in [6.45, 7) is 2.81. The lowest BCUT2D eigenvalue weighted by molar-refractivity contribution is -0.141. The monoisotopic (exact) mass is 257 g/mol. The largest absolute Gasteiger partial charge is 0.433 e. The molecule has 0 spiro atoms. The zero-order valence-electron chi connectivity index (χ0n) is 9.67. The van der Waals surface area contributed by atoms with Gasteiger partial charge in [0.15, 0.2) is 0 Å². The summed E-state index contributed by atoms with van der Waals surface area (Å²) in [5, 5.41) is 11.0. The molecule has 0 aliphatic heterocycles. The second kappa shape index (κ2) is 4.64. The number of aromatic nitrogens is 1. The fourth-order valence-corrected chi connectivity index (χ4v) is 0.974. The first-order valence-electron chi connectivity index (χ1n) is 4.93. The molecule has 0 radical (unpaired) electrons. The molecule has 0 aromatic carbocycles. The van der Waals surface area contributed by atoms with E-state index in [0.29, 0.717) is 0 Å². The van der Waals surface area contributed by atoms with Crippen molar-refractivity contribution in [3.63, 3.8) is 0 Å². The van der Waals surface area contributed by atoms with Gasteiger partial charge in [-0.2, -0.15) is 18.4 Å². The third kappa shape index (κ3) is 3.20. The summed E-state index contributed by atoms with van der Waals surface area (Å²) in [6.07, 6.45) is -3.62. The van der Waals surface area contributed by atoms with Crippen molar-refractivity contribution in [3.05, 3.63) is 24.0 Å².